The number of carbonyl (C=O) groups is 1. The average molecular weight is 423 g/mol. The summed E-state index contributed by atoms with van der Waals surface area (Å²) in [5, 5.41) is 2.62. The molecule has 0 fully saturated rings. The minimum Gasteiger partial charge on any atom is -0.364 e. The number of benzene rings is 1. The van der Waals surface area contributed by atoms with Crippen molar-refractivity contribution in [1.29, 1.82) is 0 Å². The number of nitrogens with zero attached hydrogens (tertiary/aromatic N) is 2. The van der Waals surface area contributed by atoms with E-state index < -0.39 is 5.91 Å². The molecule has 2 heterocycles. The Bertz CT molecular complexity index is 1040. The molecular formula is C24H30N4OS. The predicted octanol–water partition coefficient (Wildman–Crippen LogP) is 4.36. The Kier molecular flexibility index (Phi) is 7.00. The number of amides is 1. The van der Waals surface area contributed by atoms with E-state index in [1.54, 1.807) is 5.38 Å². The molecule has 0 unspecified atom stereocenters. The summed E-state index contributed by atoms with van der Waals surface area (Å²) in [5.41, 5.74) is 20.0. The number of aromatic nitrogens is 2. The number of carbonyl (C=O) groups excluding carboxylic acids is 1. The molecule has 1 amide bonds. The second-order valence-corrected chi connectivity index (χ2v) is 9.08. The van der Waals surface area contributed by atoms with Crippen LogP contribution in [0, 0.1) is 19.8 Å². The summed E-state index contributed by atoms with van der Waals surface area (Å²) in [6, 6.07) is 8.61. The smallest absolute Gasteiger partial charge is 0.268 e. The third-order valence-corrected chi connectivity index (χ3v) is 6.14. The standard InChI is InChI=1S/C24H30N4OS/c1-14(2)11-20-19(12-25)23(17-7-5-15(3)6-8-17)18(16(4)27-20)9-10-22-28-21(13-30-22)24(26)29/h5-8,13-14H,9-12,25H2,1-4H3,(H2,26,29). The number of hydrogen-bond acceptors (Lipinski definition) is 5. The first-order valence-electron chi connectivity index (χ1n) is 10.3. The van der Waals surface area contributed by atoms with Crippen molar-refractivity contribution in [2.24, 2.45) is 17.4 Å². The summed E-state index contributed by atoms with van der Waals surface area (Å²) in [5.74, 6) is 0.0144. The zero-order valence-electron chi connectivity index (χ0n) is 18.2. The van der Waals surface area contributed by atoms with Crippen molar-refractivity contribution >= 4 is 17.2 Å². The zero-order chi connectivity index (χ0) is 21.8. The van der Waals surface area contributed by atoms with Gasteiger partial charge in [-0.05, 0) is 54.9 Å². The van der Waals surface area contributed by atoms with Gasteiger partial charge in [0.15, 0.2) is 0 Å². The van der Waals surface area contributed by atoms with Crippen LogP contribution in [0.1, 0.15) is 57.4 Å². The third-order valence-electron chi connectivity index (χ3n) is 5.23. The van der Waals surface area contributed by atoms with Crippen LogP contribution in [0.25, 0.3) is 11.1 Å². The van der Waals surface area contributed by atoms with E-state index in [9.17, 15) is 4.79 Å². The Morgan fingerprint density at radius 2 is 1.77 bits per heavy atom. The Labute approximate surface area is 182 Å². The average Bonchev–Trinajstić information content (AvgIpc) is 3.16. The molecule has 3 rings (SSSR count). The second-order valence-electron chi connectivity index (χ2n) is 8.13. The van der Waals surface area contributed by atoms with E-state index in [1.165, 1.54) is 33.6 Å². The summed E-state index contributed by atoms with van der Waals surface area (Å²) < 4.78 is 0. The highest BCUT2D eigenvalue weighted by Gasteiger charge is 2.19. The highest BCUT2D eigenvalue weighted by atomic mass is 32.1. The van der Waals surface area contributed by atoms with Crippen molar-refractivity contribution in [1.82, 2.24) is 9.97 Å². The van der Waals surface area contributed by atoms with Crippen LogP contribution in [0.3, 0.4) is 0 Å². The highest BCUT2D eigenvalue weighted by molar-refractivity contribution is 7.09. The molecule has 0 radical (unpaired) electrons. The van der Waals surface area contributed by atoms with Gasteiger partial charge in [0, 0.05) is 29.7 Å². The molecule has 6 heteroatoms. The lowest BCUT2D eigenvalue weighted by atomic mass is 9.88. The van der Waals surface area contributed by atoms with Crippen LogP contribution in [0.15, 0.2) is 29.6 Å². The number of nitrogens with two attached hydrogens (primary N) is 2. The van der Waals surface area contributed by atoms with Crippen molar-refractivity contribution in [3.8, 4) is 11.1 Å². The predicted molar refractivity (Wildman–Crippen MR) is 124 cm³/mol. The molecule has 30 heavy (non-hydrogen) atoms. The topological polar surface area (TPSA) is 94.9 Å². The molecule has 0 spiro atoms. The first-order valence-corrected chi connectivity index (χ1v) is 11.2. The molecule has 3 aromatic rings. The molecule has 0 saturated carbocycles. The van der Waals surface area contributed by atoms with Crippen molar-refractivity contribution in [3.05, 3.63) is 68.4 Å². The lowest BCUT2D eigenvalue weighted by Crippen LogP contribution is -2.14. The summed E-state index contributed by atoms with van der Waals surface area (Å²) in [6.07, 6.45) is 2.41. The second kappa shape index (κ2) is 9.49. The summed E-state index contributed by atoms with van der Waals surface area (Å²) in [7, 11) is 0. The third kappa shape index (κ3) is 4.94. The van der Waals surface area contributed by atoms with Crippen molar-refractivity contribution in [2.75, 3.05) is 0 Å². The Hall–Kier alpha value is -2.57. The number of pyridine rings is 1. The molecule has 0 aliphatic rings. The van der Waals surface area contributed by atoms with Gasteiger partial charge in [0.05, 0.1) is 5.01 Å². The fourth-order valence-corrected chi connectivity index (χ4v) is 4.55. The zero-order valence-corrected chi connectivity index (χ0v) is 19.0. The van der Waals surface area contributed by atoms with E-state index in [4.69, 9.17) is 16.5 Å². The largest absolute Gasteiger partial charge is 0.364 e. The van der Waals surface area contributed by atoms with E-state index in [2.05, 4.69) is 56.9 Å². The van der Waals surface area contributed by atoms with E-state index >= 15 is 0 Å². The monoisotopic (exact) mass is 422 g/mol. The SMILES string of the molecule is Cc1ccc(-c2c(CCc3nc(C(N)=O)cs3)c(C)nc(CC(C)C)c2CN)cc1. The van der Waals surface area contributed by atoms with Gasteiger partial charge in [-0.1, -0.05) is 43.7 Å². The van der Waals surface area contributed by atoms with Crippen LogP contribution in [0.4, 0.5) is 0 Å². The molecule has 0 aliphatic heterocycles. The summed E-state index contributed by atoms with van der Waals surface area (Å²) in [6.45, 7) is 9.03. The van der Waals surface area contributed by atoms with Crippen molar-refractivity contribution < 1.29 is 4.79 Å². The van der Waals surface area contributed by atoms with Crippen LogP contribution in [0.5, 0.6) is 0 Å². The van der Waals surface area contributed by atoms with Crippen LogP contribution >= 0.6 is 11.3 Å². The highest BCUT2D eigenvalue weighted by Crippen LogP contribution is 2.33. The summed E-state index contributed by atoms with van der Waals surface area (Å²) >= 11 is 1.47. The normalized spacial score (nSPS) is 11.3. The first-order chi connectivity index (χ1) is 14.3. The fourth-order valence-electron chi connectivity index (χ4n) is 3.77. The van der Waals surface area contributed by atoms with Crippen LogP contribution in [-0.2, 0) is 25.8 Å². The van der Waals surface area contributed by atoms with E-state index in [0.29, 0.717) is 18.2 Å². The lowest BCUT2D eigenvalue weighted by molar-refractivity contribution is 0.0996. The van der Waals surface area contributed by atoms with Gasteiger partial charge in [-0.3, -0.25) is 9.78 Å². The van der Waals surface area contributed by atoms with Crippen molar-refractivity contribution in [3.63, 3.8) is 0 Å². The summed E-state index contributed by atoms with van der Waals surface area (Å²) in [4.78, 5) is 20.7. The molecule has 158 valence electrons. The van der Waals surface area contributed by atoms with Crippen LogP contribution in [0.2, 0.25) is 0 Å². The maximum Gasteiger partial charge on any atom is 0.268 e. The molecule has 0 bridgehead atoms. The Balaban J connectivity index is 2.07. The fraction of sp³-hybridized carbons (Fsp3) is 0.375. The van der Waals surface area contributed by atoms with Gasteiger partial charge < -0.3 is 11.5 Å². The molecular weight excluding hydrogens is 392 g/mol. The molecule has 4 N–H and O–H groups in total. The van der Waals surface area contributed by atoms with Crippen LogP contribution in [-0.4, -0.2) is 15.9 Å². The molecule has 5 nitrogen and oxygen atoms in total. The first kappa shape index (κ1) is 22.1. The lowest BCUT2D eigenvalue weighted by Gasteiger charge is -2.21. The number of rotatable bonds is 8. The van der Waals surface area contributed by atoms with Gasteiger partial charge >= 0.3 is 0 Å². The maximum atomic E-state index is 11.4. The molecule has 0 atom stereocenters. The van der Waals surface area contributed by atoms with Gasteiger partial charge in [0.1, 0.15) is 5.69 Å². The molecule has 2 aromatic heterocycles. The Morgan fingerprint density at radius 3 is 2.33 bits per heavy atom. The number of hydrogen-bond donors (Lipinski definition) is 2. The number of primary amides is 1. The number of aryl methyl sites for hydroxylation is 3. The van der Waals surface area contributed by atoms with E-state index in [0.717, 1.165) is 41.2 Å². The Morgan fingerprint density at radius 1 is 1.07 bits per heavy atom. The van der Waals surface area contributed by atoms with E-state index in [-0.39, 0.29) is 0 Å². The van der Waals surface area contributed by atoms with Gasteiger partial charge in [-0.25, -0.2) is 4.98 Å². The number of thiazole rings is 1. The molecule has 0 saturated heterocycles. The maximum absolute atomic E-state index is 11.4. The molecule has 1 aromatic carbocycles. The quantitative estimate of drug-likeness (QED) is 0.564. The van der Waals surface area contributed by atoms with Crippen molar-refractivity contribution in [2.45, 2.75) is 53.5 Å². The van der Waals surface area contributed by atoms with Gasteiger partial charge in [-0.15, -0.1) is 11.3 Å². The molecule has 0 aliphatic carbocycles. The van der Waals surface area contributed by atoms with Gasteiger partial charge in [-0.2, -0.15) is 0 Å². The van der Waals surface area contributed by atoms with Gasteiger partial charge in [0.2, 0.25) is 0 Å². The minimum atomic E-state index is -0.487. The minimum absolute atomic E-state index is 0.332. The van der Waals surface area contributed by atoms with Gasteiger partial charge in [0.25, 0.3) is 5.91 Å². The van der Waals surface area contributed by atoms with E-state index in [1.807, 2.05) is 0 Å². The van der Waals surface area contributed by atoms with Crippen LogP contribution < -0.4 is 11.5 Å².